The number of anilines is 1. The molecule has 0 aliphatic carbocycles. The van der Waals surface area contributed by atoms with E-state index in [0.717, 1.165) is 11.3 Å². The quantitative estimate of drug-likeness (QED) is 0.852. The number of hydrogen-bond acceptors (Lipinski definition) is 4. The molecule has 0 bridgehead atoms. The third kappa shape index (κ3) is 4.66. The van der Waals surface area contributed by atoms with Crippen molar-refractivity contribution in [3.8, 4) is 11.3 Å². The number of benzene rings is 1. The van der Waals surface area contributed by atoms with Crippen LogP contribution < -0.4 is 10.6 Å². The average Bonchev–Trinajstić information content (AvgIpc) is 2.91. The number of thiazole rings is 1. The molecular formula is C19H25N3O2S. The van der Waals surface area contributed by atoms with Crippen LogP contribution in [0.1, 0.15) is 37.5 Å². The van der Waals surface area contributed by atoms with Gasteiger partial charge in [-0.1, -0.05) is 31.5 Å². The van der Waals surface area contributed by atoms with E-state index in [0.29, 0.717) is 5.13 Å². The molecule has 0 spiro atoms. The Hall–Kier alpha value is -2.21. The molecule has 0 radical (unpaired) electrons. The Balaban J connectivity index is 2.22. The number of amides is 2. The number of rotatable bonds is 5. The Morgan fingerprint density at radius 2 is 1.72 bits per heavy atom. The zero-order valence-electron chi connectivity index (χ0n) is 15.6. The molecule has 0 fully saturated rings. The van der Waals surface area contributed by atoms with Crippen LogP contribution in [-0.4, -0.2) is 22.8 Å². The van der Waals surface area contributed by atoms with E-state index in [4.69, 9.17) is 0 Å². The Labute approximate surface area is 152 Å². The highest BCUT2D eigenvalue weighted by molar-refractivity contribution is 7.14. The molecule has 5 nitrogen and oxygen atoms in total. The van der Waals surface area contributed by atoms with E-state index in [1.807, 2.05) is 19.2 Å². The molecule has 6 heteroatoms. The van der Waals surface area contributed by atoms with Crippen molar-refractivity contribution in [2.75, 3.05) is 5.32 Å². The molecule has 0 aliphatic heterocycles. The van der Waals surface area contributed by atoms with Crippen LogP contribution in [0.3, 0.4) is 0 Å². The van der Waals surface area contributed by atoms with Gasteiger partial charge in [0.25, 0.3) is 0 Å². The van der Waals surface area contributed by atoms with Crippen LogP contribution in [0.2, 0.25) is 0 Å². The second-order valence-corrected chi connectivity index (χ2v) is 7.58. The maximum atomic E-state index is 12.5. The van der Waals surface area contributed by atoms with Crippen molar-refractivity contribution in [2.24, 2.45) is 5.92 Å². The lowest BCUT2D eigenvalue weighted by Crippen LogP contribution is -2.46. The minimum Gasteiger partial charge on any atom is -0.344 e. The van der Waals surface area contributed by atoms with Crippen molar-refractivity contribution in [3.05, 3.63) is 34.2 Å². The SMILES string of the molecule is CC(=O)NC(C(=O)Nc1nc(-c2c(C)cc(C)cc2C)cs1)C(C)C. The number of nitrogens with one attached hydrogen (secondary N) is 2. The molecule has 25 heavy (non-hydrogen) atoms. The molecule has 1 aromatic carbocycles. The van der Waals surface area contributed by atoms with Gasteiger partial charge in [0.15, 0.2) is 5.13 Å². The maximum absolute atomic E-state index is 12.5. The normalized spacial score (nSPS) is 12.1. The molecule has 2 amide bonds. The van der Waals surface area contributed by atoms with Crippen molar-refractivity contribution in [2.45, 2.75) is 47.6 Å². The van der Waals surface area contributed by atoms with E-state index >= 15 is 0 Å². The maximum Gasteiger partial charge on any atom is 0.248 e. The van der Waals surface area contributed by atoms with Crippen molar-refractivity contribution >= 4 is 28.3 Å². The largest absolute Gasteiger partial charge is 0.344 e. The lowest BCUT2D eigenvalue weighted by atomic mass is 9.98. The second-order valence-electron chi connectivity index (χ2n) is 6.72. The predicted octanol–water partition coefficient (Wildman–Crippen LogP) is 3.83. The summed E-state index contributed by atoms with van der Waals surface area (Å²) in [6.07, 6.45) is 0. The first-order chi connectivity index (χ1) is 11.7. The summed E-state index contributed by atoms with van der Waals surface area (Å²) < 4.78 is 0. The third-order valence-electron chi connectivity index (χ3n) is 3.98. The summed E-state index contributed by atoms with van der Waals surface area (Å²) in [6.45, 7) is 11.4. The molecule has 2 rings (SSSR count). The highest BCUT2D eigenvalue weighted by Gasteiger charge is 2.24. The Morgan fingerprint density at radius 3 is 2.24 bits per heavy atom. The fourth-order valence-electron chi connectivity index (χ4n) is 2.97. The number of aromatic nitrogens is 1. The van der Waals surface area contributed by atoms with Crippen molar-refractivity contribution in [1.29, 1.82) is 0 Å². The Morgan fingerprint density at radius 1 is 1.12 bits per heavy atom. The summed E-state index contributed by atoms with van der Waals surface area (Å²) in [5.74, 6) is -0.479. The van der Waals surface area contributed by atoms with Crippen LogP contribution in [0.5, 0.6) is 0 Å². The highest BCUT2D eigenvalue weighted by Crippen LogP contribution is 2.31. The van der Waals surface area contributed by atoms with E-state index in [2.05, 4.69) is 48.5 Å². The summed E-state index contributed by atoms with van der Waals surface area (Å²) in [7, 11) is 0. The summed E-state index contributed by atoms with van der Waals surface area (Å²) >= 11 is 1.39. The molecule has 0 saturated heterocycles. The molecule has 0 saturated carbocycles. The summed E-state index contributed by atoms with van der Waals surface area (Å²) in [4.78, 5) is 28.3. The van der Waals surface area contributed by atoms with Crippen LogP contribution >= 0.6 is 11.3 Å². The summed E-state index contributed by atoms with van der Waals surface area (Å²) in [5, 5.41) is 8.00. The topological polar surface area (TPSA) is 71.1 Å². The zero-order chi connectivity index (χ0) is 18.7. The lowest BCUT2D eigenvalue weighted by molar-refractivity contribution is -0.126. The molecule has 134 valence electrons. The van der Waals surface area contributed by atoms with Gasteiger partial charge < -0.3 is 10.6 Å². The van der Waals surface area contributed by atoms with Gasteiger partial charge in [0.2, 0.25) is 11.8 Å². The molecule has 1 atom stereocenters. The highest BCUT2D eigenvalue weighted by atomic mass is 32.1. The zero-order valence-corrected chi connectivity index (χ0v) is 16.4. The first-order valence-electron chi connectivity index (χ1n) is 8.30. The summed E-state index contributed by atoms with van der Waals surface area (Å²) in [6, 6.07) is 3.68. The average molecular weight is 359 g/mol. The first-order valence-corrected chi connectivity index (χ1v) is 9.18. The lowest BCUT2D eigenvalue weighted by Gasteiger charge is -2.20. The monoisotopic (exact) mass is 359 g/mol. The second kappa shape index (κ2) is 7.78. The molecule has 1 heterocycles. The van der Waals surface area contributed by atoms with Crippen molar-refractivity contribution in [3.63, 3.8) is 0 Å². The standard InChI is InChI=1S/C19H25N3O2S/c1-10(2)17(20-14(6)23)18(24)22-19-21-15(9-25-19)16-12(4)7-11(3)8-13(16)5/h7-10,17H,1-6H3,(H,20,23)(H,21,22,24). The van der Waals surface area contributed by atoms with E-state index in [1.165, 1.54) is 35.0 Å². The molecule has 1 unspecified atom stereocenters. The van der Waals surface area contributed by atoms with Crippen LogP contribution in [-0.2, 0) is 9.59 Å². The van der Waals surface area contributed by atoms with Gasteiger partial charge in [0.05, 0.1) is 5.69 Å². The molecule has 2 aromatic rings. The molecule has 1 aromatic heterocycles. The smallest absolute Gasteiger partial charge is 0.248 e. The number of carbonyl (C=O) groups excluding carboxylic acids is 2. The van der Waals surface area contributed by atoms with Crippen molar-refractivity contribution in [1.82, 2.24) is 10.3 Å². The van der Waals surface area contributed by atoms with Crippen LogP contribution in [0.4, 0.5) is 5.13 Å². The molecule has 2 N–H and O–H groups in total. The van der Waals surface area contributed by atoms with Gasteiger partial charge in [-0.25, -0.2) is 4.98 Å². The van der Waals surface area contributed by atoms with Gasteiger partial charge >= 0.3 is 0 Å². The van der Waals surface area contributed by atoms with Gasteiger partial charge in [-0.3, -0.25) is 9.59 Å². The fraction of sp³-hybridized carbons (Fsp3) is 0.421. The van der Waals surface area contributed by atoms with Gasteiger partial charge in [-0.2, -0.15) is 0 Å². The minimum atomic E-state index is -0.576. The number of aryl methyl sites for hydroxylation is 3. The predicted molar refractivity (Wildman–Crippen MR) is 103 cm³/mol. The van der Waals surface area contributed by atoms with Crippen molar-refractivity contribution < 1.29 is 9.59 Å². The van der Waals surface area contributed by atoms with Gasteiger partial charge in [0.1, 0.15) is 6.04 Å². The third-order valence-corrected chi connectivity index (χ3v) is 4.73. The number of nitrogens with zero attached hydrogens (tertiary/aromatic N) is 1. The van der Waals surface area contributed by atoms with E-state index < -0.39 is 6.04 Å². The number of carbonyl (C=O) groups is 2. The van der Waals surface area contributed by atoms with Crippen LogP contribution in [0, 0.1) is 26.7 Å². The van der Waals surface area contributed by atoms with E-state index in [9.17, 15) is 9.59 Å². The first kappa shape index (κ1) is 19.1. The molecular weight excluding hydrogens is 334 g/mol. The van der Waals surface area contributed by atoms with Gasteiger partial charge in [-0.15, -0.1) is 11.3 Å². The van der Waals surface area contributed by atoms with Gasteiger partial charge in [-0.05, 0) is 37.8 Å². The van der Waals surface area contributed by atoms with E-state index in [1.54, 1.807) is 0 Å². The Kier molecular flexibility index (Phi) is 5.95. The Bertz CT molecular complexity index is 773. The van der Waals surface area contributed by atoms with Gasteiger partial charge in [0, 0.05) is 17.9 Å². The minimum absolute atomic E-state index is 0.00933. The molecule has 0 aliphatic rings. The fourth-order valence-corrected chi connectivity index (χ4v) is 3.67. The van der Waals surface area contributed by atoms with E-state index in [-0.39, 0.29) is 17.7 Å². The summed E-state index contributed by atoms with van der Waals surface area (Å²) in [5.41, 5.74) is 5.51. The number of hydrogen-bond donors (Lipinski definition) is 2. The van der Waals surface area contributed by atoms with Crippen LogP contribution in [0.15, 0.2) is 17.5 Å². The van der Waals surface area contributed by atoms with Crippen LogP contribution in [0.25, 0.3) is 11.3 Å².